The SMILES string of the molecule is [2H]c1c([2H])c([2H])c2c([2H])c(N(c3cc(N(c4ccc(C(C)(C)C)cc4)c4c([2H])c([2H])c5c([2H])c(N(c6ccc(C(C)(C)C)cc6)c6cc(N(c7ccc8c(c7)C(C)(C)CCC8(C)C)c7sc8c([2H])c([2H])c([2H])c([2H])c8c7[2H])cc(C(C)(C([2H])([2H])[2H])C([2H])([2H])[2H])c6)c([2H])c([2H])c5c4[2H])cc(C(C)(C)C([2H])([2H])[2H])c3)c3ccc4c(c3)C(C)(C)CCC4(C)C)sc2c1[2H]. The van der Waals surface area contributed by atoms with Gasteiger partial charge in [0.2, 0.25) is 0 Å². The van der Waals surface area contributed by atoms with Crippen LogP contribution < -0.4 is 19.6 Å². The maximum atomic E-state index is 10.8. The fourth-order valence-corrected chi connectivity index (χ4v) is 16.2. The summed E-state index contributed by atoms with van der Waals surface area (Å²) in [5.41, 5.74) is -0.782. The largest absolute Gasteiger partial charge is 0.310 e. The second-order valence-corrected chi connectivity index (χ2v) is 34.8. The Bertz CT molecular complexity index is 6420. The molecule has 0 N–H and O–H groups in total. The highest BCUT2D eigenvalue weighted by molar-refractivity contribution is 7.23. The van der Waals surface area contributed by atoms with Crippen LogP contribution >= 0.6 is 22.7 Å². The second kappa shape index (κ2) is 24.7. The van der Waals surface area contributed by atoms with Gasteiger partial charge in [0.05, 0.1) is 21.9 Å². The van der Waals surface area contributed by atoms with Crippen LogP contribution in [0.5, 0.6) is 0 Å². The van der Waals surface area contributed by atoms with Gasteiger partial charge in [-0.25, -0.2) is 0 Å². The molecule has 0 saturated carbocycles. The van der Waals surface area contributed by atoms with Gasteiger partial charge in [-0.2, -0.15) is 0 Å². The van der Waals surface area contributed by atoms with Gasteiger partial charge in [-0.05, 0) is 268 Å². The fraction of sp³-hybridized carbons (Fsp3) is 0.340. The van der Waals surface area contributed by atoms with E-state index in [0.717, 1.165) is 88.7 Å². The molecule has 0 amide bonds. The maximum absolute atomic E-state index is 10.8. The van der Waals surface area contributed by atoms with Gasteiger partial charge >= 0.3 is 0 Å². The summed E-state index contributed by atoms with van der Waals surface area (Å²) in [4.78, 5) is 6.24. The third-order valence-corrected chi connectivity index (χ3v) is 22.7. The van der Waals surface area contributed by atoms with Crippen molar-refractivity contribution in [2.24, 2.45) is 0 Å². The van der Waals surface area contributed by atoms with Crippen LogP contribution in [-0.4, -0.2) is 0 Å². The first-order chi connectivity index (χ1) is 57.4. The van der Waals surface area contributed by atoms with E-state index >= 15 is 0 Å². The van der Waals surface area contributed by atoms with Crippen molar-refractivity contribution in [3.8, 4) is 0 Å². The molecule has 0 saturated heterocycles. The van der Waals surface area contributed by atoms with Crippen molar-refractivity contribution in [1.82, 2.24) is 0 Å². The number of fused-ring (bicyclic) bond motifs is 5. The number of rotatable bonds is 12. The highest BCUT2D eigenvalue weighted by Crippen LogP contribution is 2.54. The summed E-state index contributed by atoms with van der Waals surface area (Å²) in [7, 11) is 0. The van der Waals surface area contributed by atoms with E-state index in [0.29, 0.717) is 11.4 Å². The van der Waals surface area contributed by atoms with E-state index in [1.54, 1.807) is 84.3 Å². The molecule has 14 rings (SSSR count). The molecular formula is C94H104N4S2. The molecule has 12 aromatic rings. The smallest absolute Gasteiger partial charge is 0.101 e. The normalized spacial score (nSPS) is 19.7. The zero-order valence-electron chi connectivity index (χ0n) is 85.5. The number of hydrogen-bond acceptors (Lipinski definition) is 6. The maximum Gasteiger partial charge on any atom is 0.101 e. The third kappa shape index (κ3) is 13.1. The summed E-state index contributed by atoms with van der Waals surface area (Å²) < 4.78 is 240. The molecule has 10 aromatic carbocycles. The number of nitrogens with zero attached hydrogens (tertiary/aromatic N) is 4. The van der Waals surface area contributed by atoms with Gasteiger partial charge in [0.15, 0.2) is 0 Å². The van der Waals surface area contributed by atoms with Gasteiger partial charge in [-0.1, -0.05) is 223 Å². The molecule has 512 valence electrons. The molecule has 4 nitrogen and oxygen atoms in total. The standard InChI is InChI=1S/C94H104N4S2/c1-87(2,3)65-31-37-69(38-32-65)95(75-53-67(89(7,8)9)55-77(57-75)97(85-51-63-25-21-23-27-83(63)99-85)73-41-43-79-81(59-73)93(17,18)47-45-91(79,13)14)71-35-29-62-50-72(36-30-61(62)49-71)96(70-39-33-66(34-40-70)88(4,5)6)76-54-68(90(10,11)12)56-78(58-76)98(86-52-64-26-22-24-28-84(64)100-86)74-42-44-80-82(60-74)94(19,20)48-46-92(80,15)16/h21-44,49-60H,45-48H2,1-20H3/i7D3,8D3,10D3,21D,22D,23D,24D,25D,26D,27D,28D,29D,30D,35D,36D,49D,50D,51D,52D. The van der Waals surface area contributed by atoms with Crippen molar-refractivity contribution in [2.75, 3.05) is 19.6 Å². The molecule has 0 spiro atoms. The van der Waals surface area contributed by atoms with Crippen LogP contribution in [0.15, 0.2) is 218 Å². The molecule has 6 heteroatoms. The number of benzene rings is 10. The van der Waals surface area contributed by atoms with E-state index in [1.807, 2.05) is 90.1 Å². The summed E-state index contributed by atoms with van der Waals surface area (Å²) in [5.74, 6) is 0. The Morgan fingerprint density at radius 1 is 0.300 bits per heavy atom. The van der Waals surface area contributed by atoms with Crippen molar-refractivity contribution < 1.29 is 34.3 Å². The van der Waals surface area contributed by atoms with E-state index in [2.05, 4.69) is 55.4 Å². The van der Waals surface area contributed by atoms with E-state index in [1.165, 1.54) is 21.9 Å². The number of anilines is 12. The quantitative estimate of drug-likeness (QED) is 0.121. The van der Waals surface area contributed by atoms with E-state index < -0.39 is 148 Å². The Morgan fingerprint density at radius 2 is 0.640 bits per heavy atom. The van der Waals surface area contributed by atoms with Crippen molar-refractivity contribution >= 4 is 120 Å². The lowest BCUT2D eigenvalue weighted by Crippen LogP contribution is -2.34. The molecule has 0 radical (unpaired) electrons. The minimum Gasteiger partial charge on any atom is -0.310 e. The van der Waals surface area contributed by atoms with Crippen molar-refractivity contribution in [2.45, 2.75) is 207 Å². The van der Waals surface area contributed by atoms with Crippen LogP contribution in [0.2, 0.25) is 0 Å². The first kappa shape index (κ1) is 44.7. The van der Waals surface area contributed by atoms with E-state index in [9.17, 15) is 28.8 Å². The molecule has 0 bridgehead atoms. The van der Waals surface area contributed by atoms with Crippen LogP contribution in [0.1, 0.15) is 243 Å². The van der Waals surface area contributed by atoms with Gasteiger partial charge < -0.3 is 19.6 Å². The molecular weight excluding hydrogens is 1250 g/mol. The molecule has 0 fully saturated rings. The Kier molecular flexibility index (Phi) is 11.0. The molecule has 0 atom stereocenters. The Hall–Kier alpha value is -8.42. The average Bonchev–Trinajstić information content (AvgIpc) is 1.71. The first-order valence-corrected chi connectivity index (χ1v) is 36.1. The van der Waals surface area contributed by atoms with E-state index in [4.69, 9.17) is 5.48 Å². The van der Waals surface area contributed by atoms with Crippen molar-refractivity contribution in [1.29, 1.82) is 0 Å². The lowest BCUT2D eigenvalue weighted by molar-refractivity contribution is 0.332. The predicted molar refractivity (Wildman–Crippen MR) is 439 cm³/mol. The molecule has 0 unspecified atom stereocenters. The Morgan fingerprint density at radius 3 is 1.01 bits per heavy atom. The van der Waals surface area contributed by atoms with Gasteiger partial charge in [0, 0.05) is 78.6 Å². The van der Waals surface area contributed by atoms with Crippen molar-refractivity contribution in [3.05, 3.63) is 263 Å². The van der Waals surface area contributed by atoms with Gasteiger partial charge in [0.25, 0.3) is 0 Å². The number of hydrogen-bond donors (Lipinski definition) is 0. The summed E-state index contributed by atoms with van der Waals surface area (Å²) >= 11 is 1.83. The number of thiophene rings is 2. The van der Waals surface area contributed by atoms with Crippen LogP contribution in [-0.2, 0) is 43.3 Å². The summed E-state index contributed by atoms with van der Waals surface area (Å²) in [6.45, 7) is 23.9. The summed E-state index contributed by atoms with van der Waals surface area (Å²) in [5, 5.41) is -0.899. The third-order valence-electron chi connectivity index (χ3n) is 20.7. The lowest BCUT2D eigenvalue weighted by atomic mass is 9.63. The molecule has 2 aromatic heterocycles. The summed E-state index contributed by atoms with van der Waals surface area (Å²) in [6.07, 6.45) is 3.25. The fourth-order valence-electron chi connectivity index (χ4n) is 14.3. The van der Waals surface area contributed by atoms with Gasteiger partial charge in [0.1, 0.15) is 10.0 Å². The van der Waals surface area contributed by atoms with Crippen LogP contribution in [0.3, 0.4) is 0 Å². The van der Waals surface area contributed by atoms with Crippen LogP contribution in [0.25, 0.3) is 30.9 Å². The molecule has 2 aliphatic carbocycles. The molecule has 2 heterocycles. The zero-order chi connectivity index (χ0) is 92.4. The minimum absolute atomic E-state index is 0.00310. The zero-order valence-corrected chi connectivity index (χ0v) is 62.1. The molecule has 100 heavy (non-hydrogen) atoms. The van der Waals surface area contributed by atoms with E-state index in [-0.39, 0.29) is 110 Å². The summed E-state index contributed by atoms with van der Waals surface area (Å²) in [6, 6.07) is 26.5. The Labute approximate surface area is 641 Å². The van der Waals surface area contributed by atoms with Crippen LogP contribution in [0.4, 0.5) is 66.9 Å². The predicted octanol–water partition coefficient (Wildman–Crippen LogP) is 29.0. The molecule has 2 aliphatic rings. The highest BCUT2D eigenvalue weighted by Gasteiger charge is 2.40. The topological polar surface area (TPSA) is 13.0 Å². The highest BCUT2D eigenvalue weighted by atomic mass is 32.1. The average molecular weight is 1380 g/mol. The van der Waals surface area contributed by atoms with Crippen molar-refractivity contribution in [3.63, 3.8) is 0 Å². The van der Waals surface area contributed by atoms with Gasteiger partial charge in [-0.15, -0.1) is 22.7 Å². The first-order valence-electron chi connectivity index (χ1n) is 47.0. The Balaban J connectivity index is 1.09. The second-order valence-electron chi connectivity index (χ2n) is 32.8. The monoisotopic (exact) mass is 1380 g/mol. The van der Waals surface area contributed by atoms with Crippen LogP contribution in [0, 0.1) is 0 Å². The minimum atomic E-state index is -3.35. The van der Waals surface area contributed by atoms with Gasteiger partial charge in [-0.3, -0.25) is 0 Å². The lowest BCUT2D eigenvalue weighted by Gasteiger charge is -2.42. The molecule has 0 aliphatic heterocycles.